The van der Waals surface area contributed by atoms with E-state index in [9.17, 15) is 9.59 Å². The number of aryl methyl sites for hydroxylation is 1. The van der Waals surface area contributed by atoms with E-state index >= 15 is 0 Å². The molecule has 5 rings (SSSR count). The number of para-hydroxylation sites is 1. The molecular formula is C29H23ClN2O4S. The zero-order valence-electron chi connectivity index (χ0n) is 20.4. The molecule has 1 fully saturated rings. The quantitative estimate of drug-likeness (QED) is 0.238. The second-order valence-corrected chi connectivity index (χ2v) is 9.80. The maximum absolute atomic E-state index is 13.1. The molecule has 0 spiro atoms. The molecule has 0 unspecified atom stereocenters. The largest absolute Gasteiger partial charge is 0.497 e. The number of aromatic nitrogens is 1. The Kier molecular flexibility index (Phi) is 6.82. The van der Waals surface area contributed by atoms with E-state index in [0.717, 1.165) is 50.8 Å². The van der Waals surface area contributed by atoms with Gasteiger partial charge in [-0.05, 0) is 104 Å². The van der Waals surface area contributed by atoms with Gasteiger partial charge in [0.2, 0.25) is 0 Å². The fourth-order valence-corrected chi connectivity index (χ4v) is 5.27. The molecule has 2 amide bonds. The summed E-state index contributed by atoms with van der Waals surface area (Å²) in [5.41, 5.74) is 4.16. The number of hydrogen-bond acceptors (Lipinski definition) is 5. The highest BCUT2D eigenvalue weighted by molar-refractivity contribution is 8.19. The van der Waals surface area contributed by atoms with Crippen LogP contribution in [0.15, 0.2) is 83.8 Å². The van der Waals surface area contributed by atoms with Crippen LogP contribution in [0.2, 0.25) is 5.02 Å². The van der Waals surface area contributed by atoms with Gasteiger partial charge in [-0.3, -0.25) is 9.59 Å². The number of rotatable bonds is 6. The number of benzene rings is 3. The Morgan fingerprint density at radius 3 is 2.14 bits per heavy atom. The molecule has 0 N–H and O–H groups in total. The zero-order chi connectivity index (χ0) is 26.1. The van der Waals surface area contributed by atoms with Gasteiger partial charge >= 0.3 is 0 Å². The van der Waals surface area contributed by atoms with Gasteiger partial charge in [0.05, 0.1) is 22.7 Å². The van der Waals surface area contributed by atoms with E-state index in [1.54, 1.807) is 37.5 Å². The van der Waals surface area contributed by atoms with Crippen molar-refractivity contribution < 1.29 is 19.1 Å². The molecule has 0 aliphatic carbocycles. The lowest BCUT2D eigenvalue weighted by Crippen LogP contribution is -2.27. The van der Waals surface area contributed by atoms with Crippen molar-refractivity contribution in [3.05, 3.63) is 106 Å². The van der Waals surface area contributed by atoms with Gasteiger partial charge in [-0.25, -0.2) is 4.90 Å². The van der Waals surface area contributed by atoms with E-state index in [1.807, 2.05) is 68.4 Å². The highest BCUT2D eigenvalue weighted by atomic mass is 35.5. The number of amides is 2. The van der Waals surface area contributed by atoms with Crippen molar-refractivity contribution in [1.82, 2.24) is 4.57 Å². The second-order valence-electron chi connectivity index (χ2n) is 8.40. The third-order valence-corrected chi connectivity index (χ3v) is 7.22. The van der Waals surface area contributed by atoms with Crippen molar-refractivity contribution in [2.45, 2.75) is 13.8 Å². The van der Waals surface area contributed by atoms with Crippen LogP contribution in [-0.2, 0) is 4.79 Å². The SMILES string of the molecule is COc1ccc(Oc2ccc(-n3c(C)cc(/C=C4\SC(=O)N(c5ccccc5Cl)C4=O)c3C)cc2)cc1. The minimum atomic E-state index is -0.382. The number of methoxy groups -OCH3 is 1. The summed E-state index contributed by atoms with van der Waals surface area (Å²) in [4.78, 5) is 27.2. The minimum Gasteiger partial charge on any atom is -0.497 e. The van der Waals surface area contributed by atoms with Gasteiger partial charge in [0.1, 0.15) is 17.2 Å². The Hall–Kier alpha value is -3.94. The topological polar surface area (TPSA) is 60.8 Å². The smallest absolute Gasteiger partial charge is 0.298 e. The Bertz CT molecular complexity index is 1520. The van der Waals surface area contributed by atoms with Crippen LogP contribution in [0.5, 0.6) is 17.2 Å². The summed E-state index contributed by atoms with van der Waals surface area (Å²) in [5, 5.41) is -0.0192. The molecular weight excluding hydrogens is 508 g/mol. The summed E-state index contributed by atoms with van der Waals surface area (Å²) in [6.07, 6.45) is 1.77. The van der Waals surface area contributed by atoms with Gasteiger partial charge in [-0.1, -0.05) is 23.7 Å². The van der Waals surface area contributed by atoms with E-state index in [-0.39, 0.29) is 11.1 Å². The minimum absolute atomic E-state index is 0.351. The van der Waals surface area contributed by atoms with Crippen LogP contribution in [0.1, 0.15) is 17.0 Å². The third kappa shape index (κ3) is 4.88. The standard InChI is InChI=1S/C29H23ClN2O4S/c1-18-16-20(17-27-28(33)32(29(34)37-27)26-7-5-4-6-25(26)30)19(2)31(18)21-8-10-23(11-9-21)36-24-14-12-22(35-3)13-15-24/h4-17H,1-3H3/b27-17-. The molecule has 4 aromatic rings. The van der Waals surface area contributed by atoms with Gasteiger partial charge in [0.15, 0.2) is 0 Å². The zero-order valence-corrected chi connectivity index (χ0v) is 22.0. The molecule has 3 aromatic carbocycles. The first-order valence-corrected chi connectivity index (χ1v) is 12.7. The van der Waals surface area contributed by atoms with Crippen LogP contribution in [0.3, 0.4) is 0 Å². The molecule has 0 atom stereocenters. The van der Waals surface area contributed by atoms with Crippen LogP contribution >= 0.6 is 23.4 Å². The third-order valence-electron chi connectivity index (χ3n) is 6.03. The summed E-state index contributed by atoms with van der Waals surface area (Å²) >= 11 is 7.15. The normalized spacial score (nSPS) is 14.5. The Labute approximate surface area is 224 Å². The molecule has 2 heterocycles. The maximum Gasteiger partial charge on any atom is 0.298 e. The lowest BCUT2D eigenvalue weighted by Gasteiger charge is -2.13. The Balaban J connectivity index is 1.38. The molecule has 1 aliphatic rings. The number of thioether (sulfide) groups is 1. The van der Waals surface area contributed by atoms with Gasteiger partial charge < -0.3 is 14.0 Å². The Morgan fingerprint density at radius 2 is 1.49 bits per heavy atom. The summed E-state index contributed by atoms with van der Waals surface area (Å²) in [5.74, 6) is 1.82. The first kappa shape index (κ1) is 24.7. The van der Waals surface area contributed by atoms with Crippen molar-refractivity contribution in [1.29, 1.82) is 0 Å². The van der Waals surface area contributed by atoms with Crippen molar-refractivity contribution in [2.75, 3.05) is 12.0 Å². The van der Waals surface area contributed by atoms with Crippen LogP contribution in [0, 0.1) is 13.8 Å². The molecule has 1 aromatic heterocycles. The van der Waals surface area contributed by atoms with Gasteiger partial charge in [-0.2, -0.15) is 0 Å². The predicted molar refractivity (Wildman–Crippen MR) is 148 cm³/mol. The van der Waals surface area contributed by atoms with Gasteiger partial charge in [-0.15, -0.1) is 0 Å². The average molecular weight is 531 g/mol. The van der Waals surface area contributed by atoms with Gasteiger partial charge in [0, 0.05) is 17.1 Å². The lowest BCUT2D eigenvalue weighted by molar-refractivity contribution is -0.113. The van der Waals surface area contributed by atoms with Crippen LogP contribution in [0.4, 0.5) is 10.5 Å². The number of anilines is 1. The number of carbonyl (C=O) groups is 2. The first-order chi connectivity index (χ1) is 17.9. The molecule has 8 heteroatoms. The molecule has 0 saturated carbocycles. The maximum atomic E-state index is 13.1. The molecule has 0 bridgehead atoms. The number of hydrogen-bond donors (Lipinski definition) is 0. The van der Waals surface area contributed by atoms with E-state index in [4.69, 9.17) is 21.1 Å². The number of halogens is 1. The molecule has 6 nitrogen and oxygen atoms in total. The van der Waals surface area contributed by atoms with Crippen molar-refractivity contribution in [2.24, 2.45) is 0 Å². The molecule has 37 heavy (non-hydrogen) atoms. The van der Waals surface area contributed by atoms with Crippen molar-refractivity contribution >= 4 is 46.3 Å². The van der Waals surface area contributed by atoms with E-state index < -0.39 is 0 Å². The second kappa shape index (κ2) is 10.2. The fraction of sp³-hybridized carbons (Fsp3) is 0.103. The summed E-state index contributed by atoms with van der Waals surface area (Å²) in [7, 11) is 1.63. The van der Waals surface area contributed by atoms with E-state index in [0.29, 0.717) is 21.4 Å². The Morgan fingerprint density at radius 1 is 0.865 bits per heavy atom. The van der Waals surface area contributed by atoms with Crippen molar-refractivity contribution in [3.63, 3.8) is 0 Å². The van der Waals surface area contributed by atoms with E-state index in [1.165, 1.54) is 0 Å². The molecule has 1 saturated heterocycles. The average Bonchev–Trinajstić information content (AvgIpc) is 3.33. The first-order valence-electron chi connectivity index (χ1n) is 11.5. The number of nitrogens with zero attached hydrogens (tertiary/aromatic N) is 2. The number of imide groups is 1. The van der Waals surface area contributed by atoms with E-state index in [2.05, 4.69) is 4.57 Å². The summed E-state index contributed by atoms with van der Waals surface area (Å²) < 4.78 is 13.2. The summed E-state index contributed by atoms with van der Waals surface area (Å²) in [6.45, 7) is 3.99. The highest BCUT2D eigenvalue weighted by Gasteiger charge is 2.37. The molecule has 186 valence electrons. The summed E-state index contributed by atoms with van der Waals surface area (Å²) in [6, 6.07) is 24.0. The van der Waals surface area contributed by atoms with Crippen LogP contribution < -0.4 is 14.4 Å². The fourth-order valence-electron chi connectivity index (χ4n) is 4.22. The van der Waals surface area contributed by atoms with Crippen molar-refractivity contribution in [3.8, 4) is 22.9 Å². The van der Waals surface area contributed by atoms with Crippen LogP contribution in [-0.4, -0.2) is 22.8 Å². The number of carbonyl (C=O) groups excluding carboxylic acids is 2. The van der Waals surface area contributed by atoms with Gasteiger partial charge in [0.25, 0.3) is 11.1 Å². The molecule has 0 radical (unpaired) electrons. The predicted octanol–water partition coefficient (Wildman–Crippen LogP) is 7.79. The monoisotopic (exact) mass is 530 g/mol. The highest BCUT2D eigenvalue weighted by Crippen LogP contribution is 2.39. The molecule has 1 aliphatic heterocycles. The number of ether oxygens (including phenoxy) is 2. The van der Waals surface area contributed by atoms with Crippen LogP contribution in [0.25, 0.3) is 11.8 Å². The lowest BCUT2D eigenvalue weighted by atomic mass is 10.2.